The Morgan fingerprint density at radius 2 is 1.68 bits per heavy atom. The van der Waals surface area contributed by atoms with Gasteiger partial charge in [-0.1, -0.05) is 29.8 Å². The van der Waals surface area contributed by atoms with E-state index in [1.165, 1.54) is 12.7 Å². The number of piperidine rings is 2. The van der Waals surface area contributed by atoms with Gasteiger partial charge >= 0.3 is 6.09 Å². The van der Waals surface area contributed by atoms with Crippen molar-refractivity contribution in [1.29, 1.82) is 0 Å². The van der Waals surface area contributed by atoms with Crippen molar-refractivity contribution in [2.75, 3.05) is 56.6 Å². The molecular weight excluding hydrogens is 540 g/mol. The molecular formula is C32H43ClN4O4. The van der Waals surface area contributed by atoms with Gasteiger partial charge in [0, 0.05) is 48.9 Å². The number of hydrogen-bond donors (Lipinski definition) is 1. The number of carbonyl (C=O) groups excluding carboxylic acids is 3. The average Bonchev–Trinajstić information content (AvgIpc) is 2.98. The summed E-state index contributed by atoms with van der Waals surface area (Å²) >= 11 is 6.45. The van der Waals surface area contributed by atoms with Crippen molar-refractivity contribution in [2.45, 2.75) is 52.4 Å². The summed E-state index contributed by atoms with van der Waals surface area (Å²) in [7, 11) is 1.36. The molecule has 0 spiro atoms. The number of methoxy groups -OCH3 is 1. The number of aryl methyl sites for hydroxylation is 1. The van der Waals surface area contributed by atoms with E-state index in [2.05, 4.69) is 27.1 Å². The molecule has 2 aliphatic heterocycles. The van der Waals surface area contributed by atoms with Gasteiger partial charge in [0.15, 0.2) is 0 Å². The van der Waals surface area contributed by atoms with Crippen LogP contribution in [0.2, 0.25) is 5.02 Å². The molecule has 1 N–H and O–H groups in total. The van der Waals surface area contributed by atoms with Crippen LogP contribution in [-0.4, -0.2) is 74.1 Å². The molecule has 41 heavy (non-hydrogen) atoms. The lowest BCUT2D eigenvalue weighted by molar-refractivity contribution is -0.133. The fourth-order valence-corrected chi connectivity index (χ4v) is 6.05. The minimum atomic E-state index is -0.463. The predicted molar refractivity (Wildman–Crippen MR) is 163 cm³/mol. The van der Waals surface area contributed by atoms with Gasteiger partial charge in [0.05, 0.1) is 7.11 Å². The molecule has 9 heteroatoms. The van der Waals surface area contributed by atoms with Gasteiger partial charge in [0.1, 0.15) is 0 Å². The number of carbonyl (C=O) groups is 3. The van der Waals surface area contributed by atoms with Crippen LogP contribution >= 0.6 is 11.6 Å². The molecule has 2 aromatic rings. The second kappa shape index (κ2) is 14.7. The van der Waals surface area contributed by atoms with E-state index in [1.54, 1.807) is 6.92 Å². The zero-order chi connectivity index (χ0) is 29.4. The molecule has 0 aromatic heterocycles. The number of nitrogens with one attached hydrogen (secondary N) is 1. The van der Waals surface area contributed by atoms with Gasteiger partial charge in [0.2, 0.25) is 11.8 Å². The zero-order valence-corrected chi connectivity index (χ0v) is 25.3. The summed E-state index contributed by atoms with van der Waals surface area (Å²) in [6.07, 6.45) is 5.16. The highest BCUT2D eigenvalue weighted by atomic mass is 35.5. The van der Waals surface area contributed by atoms with Gasteiger partial charge in [-0.25, -0.2) is 4.79 Å². The Morgan fingerprint density at radius 1 is 1.00 bits per heavy atom. The quantitative estimate of drug-likeness (QED) is 0.406. The molecule has 2 fully saturated rings. The first-order chi connectivity index (χ1) is 19.7. The summed E-state index contributed by atoms with van der Waals surface area (Å²) in [6, 6.07) is 13.9. The van der Waals surface area contributed by atoms with E-state index in [-0.39, 0.29) is 17.7 Å². The molecule has 8 nitrogen and oxygen atoms in total. The molecule has 3 amide bonds. The third-order valence-corrected chi connectivity index (χ3v) is 8.90. The number of benzene rings is 2. The van der Waals surface area contributed by atoms with E-state index >= 15 is 0 Å². The Bertz CT molecular complexity index is 1190. The van der Waals surface area contributed by atoms with Gasteiger partial charge < -0.3 is 19.4 Å². The molecule has 0 aliphatic carbocycles. The Balaban J connectivity index is 1.27. The lowest BCUT2D eigenvalue weighted by Crippen LogP contribution is -2.45. The molecule has 0 saturated carbocycles. The fraction of sp³-hybridized carbons (Fsp3) is 0.531. The van der Waals surface area contributed by atoms with Gasteiger partial charge in [-0.3, -0.25) is 14.9 Å². The summed E-state index contributed by atoms with van der Waals surface area (Å²) in [5.41, 5.74) is 3.86. The van der Waals surface area contributed by atoms with Crippen LogP contribution in [0.1, 0.15) is 50.2 Å². The SMILES string of the molecule is COC(=O)Nc1ccc(CC2CCN(CCCN(C(=O)C3CCN(C(C)=O)CC3)c3ccc(C)c(Cl)c3)CC2)cc1. The Kier molecular flexibility index (Phi) is 11.1. The van der Waals surface area contributed by atoms with Crippen molar-refractivity contribution in [3.05, 3.63) is 58.6 Å². The van der Waals surface area contributed by atoms with Gasteiger partial charge in [-0.2, -0.15) is 0 Å². The standard InChI is InChI=1S/C32H43ClN4O4/c1-23-5-10-29(22-30(23)33)37(31(39)27-13-19-36(20-14-27)24(2)38)16-4-15-35-17-11-26(12-18-35)21-25-6-8-28(9-7-25)34-32(40)41-3/h5-10,22,26-27H,4,11-21H2,1-3H3,(H,34,40). The number of halogens is 1. The molecule has 0 atom stereocenters. The van der Waals surface area contributed by atoms with Crippen LogP contribution in [0, 0.1) is 18.8 Å². The molecule has 2 heterocycles. The highest BCUT2D eigenvalue weighted by molar-refractivity contribution is 6.31. The summed E-state index contributed by atoms with van der Waals surface area (Å²) in [6.45, 7) is 8.55. The maximum atomic E-state index is 13.7. The minimum absolute atomic E-state index is 0.0766. The molecule has 0 bridgehead atoms. The Labute approximate surface area is 249 Å². The van der Waals surface area contributed by atoms with Gasteiger partial charge in [0.25, 0.3) is 0 Å². The summed E-state index contributed by atoms with van der Waals surface area (Å²) in [4.78, 5) is 43.1. The summed E-state index contributed by atoms with van der Waals surface area (Å²) in [5, 5.41) is 3.36. The van der Waals surface area contributed by atoms with E-state index in [4.69, 9.17) is 11.6 Å². The van der Waals surface area contributed by atoms with E-state index in [0.29, 0.717) is 43.4 Å². The minimum Gasteiger partial charge on any atom is -0.453 e. The number of anilines is 2. The molecule has 2 saturated heterocycles. The van der Waals surface area contributed by atoms with Crippen LogP contribution in [0.4, 0.5) is 16.2 Å². The van der Waals surface area contributed by atoms with E-state index in [0.717, 1.165) is 62.3 Å². The van der Waals surface area contributed by atoms with Gasteiger partial charge in [-0.15, -0.1) is 0 Å². The first-order valence-corrected chi connectivity index (χ1v) is 15.1. The zero-order valence-electron chi connectivity index (χ0n) is 24.5. The first-order valence-electron chi connectivity index (χ1n) is 14.7. The van der Waals surface area contributed by atoms with Crippen molar-refractivity contribution in [1.82, 2.24) is 9.80 Å². The number of ether oxygens (including phenoxy) is 1. The second-order valence-electron chi connectivity index (χ2n) is 11.4. The molecule has 0 unspecified atom stereocenters. The number of rotatable bonds is 9. The third kappa shape index (κ3) is 8.69. The Morgan fingerprint density at radius 3 is 2.29 bits per heavy atom. The molecule has 222 valence electrons. The van der Waals surface area contributed by atoms with Crippen molar-refractivity contribution >= 4 is 40.9 Å². The molecule has 0 radical (unpaired) electrons. The van der Waals surface area contributed by atoms with E-state index in [1.807, 2.05) is 47.1 Å². The van der Waals surface area contributed by atoms with E-state index < -0.39 is 6.09 Å². The van der Waals surface area contributed by atoms with Crippen LogP contribution in [0.3, 0.4) is 0 Å². The van der Waals surface area contributed by atoms with E-state index in [9.17, 15) is 14.4 Å². The first kappa shape index (κ1) is 30.8. The van der Waals surface area contributed by atoms with Crippen LogP contribution in [0.5, 0.6) is 0 Å². The van der Waals surface area contributed by atoms with Crippen LogP contribution in [0.15, 0.2) is 42.5 Å². The highest BCUT2D eigenvalue weighted by Crippen LogP contribution is 2.28. The third-order valence-electron chi connectivity index (χ3n) is 8.50. The van der Waals surface area contributed by atoms with Crippen molar-refractivity contribution < 1.29 is 19.1 Å². The Hall–Kier alpha value is -3.10. The fourth-order valence-electron chi connectivity index (χ4n) is 5.87. The lowest BCUT2D eigenvalue weighted by atomic mass is 9.90. The normalized spacial score (nSPS) is 16.8. The highest BCUT2D eigenvalue weighted by Gasteiger charge is 2.30. The molecule has 2 aromatic carbocycles. The van der Waals surface area contributed by atoms with Crippen molar-refractivity contribution in [2.24, 2.45) is 11.8 Å². The van der Waals surface area contributed by atoms with Crippen LogP contribution in [0.25, 0.3) is 0 Å². The molecule has 4 rings (SSSR count). The lowest BCUT2D eigenvalue weighted by Gasteiger charge is -2.35. The van der Waals surface area contributed by atoms with Crippen molar-refractivity contribution in [3.63, 3.8) is 0 Å². The second-order valence-corrected chi connectivity index (χ2v) is 11.8. The van der Waals surface area contributed by atoms with Gasteiger partial charge in [-0.05, 0) is 106 Å². The maximum absolute atomic E-state index is 13.7. The molecule has 2 aliphatic rings. The number of nitrogens with zero attached hydrogens (tertiary/aromatic N) is 3. The summed E-state index contributed by atoms with van der Waals surface area (Å²) in [5.74, 6) is 0.776. The largest absolute Gasteiger partial charge is 0.453 e. The summed E-state index contributed by atoms with van der Waals surface area (Å²) < 4.78 is 4.65. The van der Waals surface area contributed by atoms with Crippen LogP contribution in [-0.2, 0) is 20.7 Å². The monoisotopic (exact) mass is 582 g/mol. The topological polar surface area (TPSA) is 82.2 Å². The van der Waals surface area contributed by atoms with Crippen molar-refractivity contribution in [3.8, 4) is 0 Å². The van der Waals surface area contributed by atoms with Crippen LogP contribution < -0.4 is 10.2 Å². The predicted octanol–water partition coefficient (Wildman–Crippen LogP) is 5.76. The number of likely N-dealkylation sites (tertiary alicyclic amines) is 2. The smallest absolute Gasteiger partial charge is 0.411 e. The number of hydrogen-bond acceptors (Lipinski definition) is 5. The maximum Gasteiger partial charge on any atom is 0.411 e. The number of amides is 3. The average molecular weight is 583 g/mol.